The molecule has 0 saturated carbocycles. The van der Waals surface area contributed by atoms with Crippen molar-refractivity contribution in [3.8, 4) is 0 Å². The Bertz CT molecular complexity index is 1940. The second-order valence-corrected chi connectivity index (χ2v) is 12.1. The molecule has 6 rings (SSSR count). The van der Waals surface area contributed by atoms with Gasteiger partial charge in [0.05, 0.1) is 16.8 Å². The van der Waals surface area contributed by atoms with Gasteiger partial charge in [0.15, 0.2) is 0 Å². The number of likely N-dealkylation sites (N-methyl/N-ethyl adjacent to an activating group) is 1. The molecule has 3 aromatic carbocycles. The number of nitrogens with one attached hydrogen (secondary N) is 5. The zero-order valence-electron chi connectivity index (χ0n) is 26.9. The van der Waals surface area contributed by atoms with Crippen molar-refractivity contribution in [1.82, 2.24) is 14.8 Å². The van der Waals surface area contributed by atoms with Crippen LogP contribution in [0.5, 0.6) is 0 Å². The first-order valence-corrected chi connectivity index (χ1v) is 15.6. The summed E-state index contributed by atoms with van der Waals surface area (Å²) in [5.41, 5.74) is 6.44. The zero-order valence-corrected chi connectivity index (χ0v) is 26.9. The number of aromatic nitrogens is 1. The molecule has 4 aromatic rings. The Kier molecular flexibility index (Phi) is 9.10. The third-order valence-corrected chi connectivity index (χ3v) is 8.64. The summed E-state index contributed by atoms with van der Waals surface area (Å²) in [5.74, 6) is -1.62. The number of piperazine rings is 1. The number of carbonyl (C=O) groups is 4. The van der Waals surface area contributed by atoms with Crippen LogP contribution < -0.4 is 21.3 Å². The number of hydrogen-bond acceptors (Lipinski definition) is 6. The van der Waals surface area contributed by atoms with Gasteiger partial charge in [-0.2, -0.15) is 0 Å². The molecule has 12 heteroatoms. The number of aryl methyl sites for hydroxylation is 1. The van der Waals surface area contributed by atoms with Gasteiger partial charge in [-0.1, -0.05) is 24.3 Å². The molecule has 3 heterocycles. The number of amides is 4. The smallest absolute Gasteiger partial charge is 0.337 e. The van der Waals surface area contributed by atoms with E-state index in [2.05, 4.69) is 43.1 Å². The van der Waals surface area contributed by atoms with Crippen LogP contribution in [-0.4, -0.2) is 76.9 Å². The first-order valence-electron chi connectivity index (χ1n) is 15.6. The summed E-state index contributed by atoms with van der Waals surface area (Å²) >= 11 is 0. The normalized spacial score (nSPS) is 15.6. The van der Waals surface area contributed by atoms with Gasteiger partial charge < -0.3 is 36.3 Å². The fourth-order valence-corrected chi connectivity index (χ4v) is 6.00. The van der Waals surface area contributed by atoms with Crippen molar-refractivity contribution in [2.24, 2.45) is 0 Å². The second-order valence-electron chi connectivity index (χ2n) is 12.1. The van der Waals surface area contributed by atoms with Crippen LogP contribution in [0, 0.1) is 13.8 Å². The molecular formula is C36H37N7O5. The number of hydrogen-bond donors (Lipinski definition) is 6. The molecule has 0 aliphatic carbocycles. The molecule has 0 radical (unpaired) electrons. The highest BCUT2D eigenvalue weighted by Crippen LogP contribution is 2.36. The van der Waals surface area contributed by atoms with E-state index in [9.17, 15) is 24.3 Å². The quantitative estimate of drug-likeness (QED) is 0.139. The Morgan fingerprint density at radius 3 is 2.21 bits per heavy atom. The predicted molar refractivity (Wildman–Crippen MR) is 186 cm³/mol. The second kappa shape index (κ2) is 13.6. The molecular weight excluding hydrogens is 610 g/mol. The standard InChI is InChI=1S/C36H37N7O5/c1-21-30(37-22(2)32(21)35(46)47)19-29-28-12-11-27(18-31(28)41-34(29)45)40-36(48)39-26-6-4-5-25(17-26)38-33(44)24-9-7-23(8-10-24)20-43-15-13-42(3)14-16-43/h4-12,17-19,37H,13-16,20H2,1-3H3,(H,38,44)(H,41,45)(H,46,47)(H2,39,40,48)/b29-19-. The van der Waals surface area contributed by atoms with Gasteiger partial charge in [0.25, 0.3) is 11.8 Å². The van der Waals surface area contributed by atoms with E-state index in [1.165, 1.54) is 0 Å². The Hall–Kier alpha value is -5.72. The molecule has 6 N–H and O–H groups in total. The van der Waals surface area contributed by atoms with Gasteiger partial charge in [-0.05, 0) is 80.6 Å². The van der Waals surface area contributed by atoms with Crippen LogP contribution in [0.25, 0.3) is 11.6 Å². The molecule has 1 aromatic heterocycles. The van der Waals surface area contributed by atoms with Gasteiger partial charge in [0, 0.05) is 72.3 Å². The van der Waals surface area contributed by atoms with Crippen LogP contribution in [0.2, 0.25) is 0 Å². The minimum absolute atomic E-state index is 0.181. The lowest BCUT2D eigenvalue weighted by molar-refractivity contribution is -0.110. The average Bonchev–Trinajstić information content (AvgIpc) is 3.51. The summed E-state index contributed by atoms with van der Waals surface area (Å²) in [5, 5.41) is 20.7. The van der Waals surface area contributed by atoms with E-state index < -0.39 is 12.0 Å². The zero-order chi connectivity index (χ0) is 33.9. The Balaban J connectivity index is 1.06. The minimum Gasteiger partial charge on any atom is -0.478 e. The van der Waals surface area contributed by atoms with Crippen molar-refractivity contribution in [2.45, 2.75) is 20.4 Å². The number of carboxylic acid groups (broad SMARTS) is 1. The van der Waals surface area contributed by atoms with Crippen LogP contribution in [0.3, 0.4) is 0 Å². The highest BCUT2D eigenvalue weighted by molar-refractivity contribution is 6.35. The van der Waals surface area contributed by atoms with E-state index in [0.717, 1.165) is 38.3 Å². The van der Waals surface area contributed by atoms with E-state index in [0.29, 0.717) is 56.4 Å². The maximum atomic E-state index is 12.9. The van der Waals surface area contributed by atoms with Crippen molar-refractivity contribution in [1.29, 1.82) is 0 Å². The molecule has 0 bridgehead atoms. The van der Waals surface area contributed by atoms with Gasteiger partial charge in [-0.3, -0.25) is 14.5 Å². The van der Waals surface area contributed by atoms with Crippen molar-refractivity contribution >= 4 is 58.2 Å². The number of urea groups is 1. The molecule has 1 fully saturated rings. The molecule has 0 unspecified atom stereocenters. The highest BCUT2D eigenvalue weighted by Gasteiger charge is 2.26. The topological polar surface area (TPSA) is 159 Å². The van der Waals surface area contributed by atoms with Crippen molar-refractivity contribution < 1.29 is 24.3 Å². The van der Waals surface area contributed by atoms with Crippen LogP contribution >= 0.6 is 0 Å². The molecule has 0 spiro atoms. The summed E-state index contributed by atoms with van der Waals surface area (Å²) in [6.07, 6.45) is 1.63. The van der Waals surface area contributed by atoms with Crippen molar-refractivity contribution in [3.63, 3.8) is 0 Å². The number of aromatic carboxylic acids is 1. The first-order chi connectivity index (χ1) is 23.0. The fourth-order valence-electron chi connectivity index (χ4n) is 6.00. The van der Waals surface area contributed by atoms with E-state index in [-0.39, 0.29) is 17.4 Å². The minimum atomic E-state index is -1.04. The predicted octanol–water partition coefficient (Wildman–Crippen LogP) is 5.47. The van der Waals surface area contributed by atoms with E-state index in [1.807, 2.05) is 24.3 Å². The van der Waals surface area contributed by atoms with Gasteiger partial charge in [0.1, 0.15) is 0 Å². The summed E-state index contributed by atoms with van der Waals surface area (Å²) < 4.78 is 0. The van der Waals surface area contributed by atoms with Crippen LogP contribution in [0.4, 0.5) is 27.5 Å². The number of fused-ring (bicyclic) bond motifs is 1. The fraction of sp³-hybridized carbons (Fsp3) is 0.222. The van der Waals surface area contributed by atoms with Crippen molar-refractivity contribution in [2.75, 3.05) is 54.5 Å². The van der Waals surface area contributed by atoms with E-state index >= 15 is 0 Å². The first kappa shape index (κ1) is 32.2. The Labute approximate surface area is 277 Å². The summed E-state index contributed by atoms with van der Waals surface area (Å²) in [6.45, 7) is 8.38. The van der Waals surface area contributed by atoms with Crippen molar-refractivity contribution in [3.05, 3.63) is 106 Å². The maximum absolute atomic E-state index is 12.9. The lowest BCUT2D eigenvalue weighted by atomic mass is 10.0. The van der Waals surface area contributed by atoms with Gasteiger partial charge >= 0.3 is 12.0 Å². The van der Waals surface area contributed by atoms with E-state index in [4.69, 9.17) is 0 Å². The van der Waals surface area contributed by atoms with Crippen LogP contribution in [0.15, 0.2) is 66.7 Å². The number of nitrogens with zero attached hydrogens (tertiary/aromatic N) is 2. The number of anilines is 4. The van der Waals surface area contributed by atoms with Gasteiger partial charge in [-0.15, -0.1) is 0 Å². The summed E-state index contributed by atoms with van der Waals surface area (Å²) in [6, 6.07) is 19.0. The number of H-pyrrole nitrogens is 1. The molecule has 1 saturated heterocycles. The van der Waals surface area contributed by atoms with Crippen LogP contribution in [-0.2, 0) is 11.3 Å². The third-order valence-electron chi connectivity index (χ3n) is 8.64. The summed E-state index contributed by atoms with van der Waals surface area (Å²) in [4.78, 5) is 58.0. The van der Waals surface area contributed by atoms with E-state index in [1.54, 1.807) is 62.4 Å². The molecule has 2 aliphatic rings. The molecule has 2 aliphatic heterocycles. The molecule has 12 nitrogen and oxygen atoms in total. The number of rotatable bonds is 8. The molecule has 4 amide bonds. The monoisotopic (exact) mass is 647 g/mol. The summed E-state index contributed by atoms with van der Waals surface area (Å²) in [7, 11) is 2.13. The van der Waals surface area contributed by atoms with Gasteiger partial charge in [-0.25, -0.2) is 9.59 Å². The lowest BCUT2D eigenvalue weighted by Gasteiger charge is -2.32. The lowest BCUT2D eigenvalue weighted by Crippen LogP contribution is -2.43. The van der Waals surface area contributed by atoms with Gasteiger partial charge in [0.2, 0.25) is 0 Å². The molecule has 48 heavy (non-hydrogen) atoms. The maximum Gasteiger partial charge on any atom is 0.337 e. The SMILES string of the molecule is Cc1[nH]c(/C=C2\C(=O)Nc3cc(NC(=O)Nc4cccc(NC(=O)c5ccc(CN6CCN(C)CC6)cc5)c4)ccc32)c(C)c1C(=O)O. The number of aromatic amines is 1. The third kappa shape index (κ3) is 7.14. The molecule has 246 valence electrons. The Morgan fingerprint density at radius 1 is 0.875 bits per heavy atom. The van der Waals surface area contributed by atoms with Crippen LogP contribution in [0.1, 0.15) is 48.8 Å². The molecule has 0 atom stereocenters. The largest absolute Gasteiger partial charge is 0.478 e. The highest BCUT2D eigenvalue weighted by atomic mass is 16.4. The number of carboxylic acids is 1. The number of carbonyl (C=O) groups excluding carboxylic acids is 3. The average molecular weight is 648 g/mol. The Morgan fingerprint density at radius 2 is 1.54 bits per heavy atom. The number of benzene rings is 3.